The number of carboxylic acids is 1. The van der Waals surface area contributed by atoms with Crippen LogP contribution in [0.1, 0.15) is 20.8 Å². The van der Waals surface area contributed by atoms with E-state index in [0.717, 1.165) is 0 Å². The lowest BCUT2D eigenvalue weighted by atomic mass is 10.2. The molecular formula is C9H13NO4. The predicted octanol–water partition coefficient (Wildman–Crippen LogP) is -0.257. The number of aliphatic carboxylic acids is 1. The highest BCUT2D eigenvalue weighted by molar-refractivity contribution is 5.89. The lowest BCUT2D eigenvalue weighted by molar-refractivity contribution is -0.154. The Bertz CT molecular complexity index is 292. The summed E-state index contributed by atoms with van der Waals surface area (Å²) >= 11 is 0. The van der Waals surface area contributed by atoms with Gasteiger partial charge in [-0.05, 0) is 20.8 Å². The first-order valence-electron chi connectivity index (χ1n) is 3.95. The maximum Gasteiger partial charge on any atom is 0.381 e. The summed E-state index contributed by atoms with van der Waals surface area (Å²) in [6.45, 7) is 5.05. The molecule has 0 aromatic carbocycles. The van der Waals surface area contributed by atoms with Gasteiger partial charge in [0.2, 0.25) is 0 Å². The third-order valence-corrected chi connectivity index (χ3v) is 0.995. The van der Waals surface area contributed by atoms with Crippen LogP contribution in [0.5, 0.6) is 0 Å². The minimum atomic E-state index is -1.33. The molecule has 0 radical (unpaired) electrons. The van der Waals surface area contributed by atoms with Crippen molar-refractivity contribution in [3.8, 4) is 11.8 Å². The first-order valence-corrected chi connectivity index (χ1v) is 3.95. The maximum absolute atomic E-state index is 11.1. The van der Waals surface area contributed by atoms with E-state index >= 15 is 0 Å². The first kappa shape index (κ1) is 12.5. The number of nitrogens with two attached hydrogens (primary N) is 1. The van der Waals surface area contributed by atoms with Gasteiger partial charge in [-0.3, -0.25) is 0 Å². The second-order valence-corrected chi connectivity index (χ2v) is 3.59. The predicted molar refractivity (Wildman–Crippen MR) is 49.2 cm³/mol. The first-order chi connectivity index (χ1) is 6.22. The van der Waals surface area contributed by atoms with Crippen LogP contribution < -0.4 is 5.73 Å². The summed E-state index contributed by atoms with van der Waals surface area (Å²) in [5.41, 5.74) is 4.61. The van der Waals surface area contributed by atoms with Crippen LogP contribution in [0.3, 0.4) is 0 Å². The van der Waals surface area contributed by atoms with Gasteiger partial charge in [0.25, 0.3) is 0 Å². The number of hydrogen-bond donors (Lipinski definition) is 2. The molecule has 0 amide bonds. The fourth-order valence-corrected chi connectivity index (χ4v) is 0.564. The van der Waals surface area contributed by atoms with E-state index in [2.05, 4.69) is 5.92 Å². The largest absolute Gasteiger partial charge is 0.472 e. The lowest BCUT2D eigenvalue weighted by Gasteiger charge is -2.20. The summed E-state index contributed by atoms with van der Waals surface area (Å²) in [5, 5.41) is 8.20. The van der Waals surface area contributed by atoms with Crippen LogP contribution >= 0.6 is 0 Å². The normalized spacial score (nSPS) is 12.3. The van der Waals surface area contributed by atoms with Crippen molar-refractivity contribution in [1.82, 2.24) is 0 Å². The fraction of sp³-hybridized carbons (Fsp3) is 0.556. The molecule has 0 fully saturated rings. The van der Waals surface area contributed by atoms with Gasteiger partial charge in [-0.1, -0.05) is 5.92 Å². The van der Waals surface area contributed by atoms with Crippen LogP contribution in [0.25, 0.3) is 0 Å². The molecule has 0 aromatic heterocycles. The highest BCUT2D eigenvalue weighted by Crippen LogP contribution is 2.07. The monoisotopic (exact) mass is 199 g/mol. The summed E-state index contributed by atoms with van der Waals surface area (Å²) in [4.78, 5) is 21.2. The minimum Gasteiger partial charge on any atom is -0.472 e. The molecular weight excluding hydrogens is 186 g/mol. The Kier molecular flexibility index (Phi) is 4.12. The fourth-order valence-electron chi connectivity index (χ4n) is 0.564. The molecule has 0 aliphatic carbocycles. The molecule has 0 heterocycles. The number of ether oxygens (including phenoxy) is 1. The molecule has 0 bridgehead atoms. The number of esters is 1. The lowest BCUT2D eigenvalue weighted by Crippen LogP contribution is -2.36. The van der Waals surface area contributed by atoms with Gasteiger partial charge in [-0.25, -0.2) is 9.59 Å². The maximum atomic E-state index is 11.1. The molecule has 5 heteroatoms. The zero-order valence-electron chi connectivity index (χ0n) is 8.33. The number of carbonyl (C=O) groups is 2. The molecule has 0 saturated carbocycles. The molecule has 78 valence electrons. The smallest absolute Gasteiger partial charge is 0.381 e. The van der Waals surface area contributed by atoms with Gasteiger partial charge in [0.05, 0.1) is 0 Å². The van der Waals surface area contributed by atoms with Crippen molar-refractivity contribution in [2.75, 3.05) is 0 Å². The Morgan fingerprint density at radius 1 is 1.43 bits per heavy atom. The summed E-state index contributed by atoms with van der Waals surface area (Å²) in [6, 6.07) is -1.22. The highest BCUT2D eigenvalue weighted by Gasteiger charge is 2.20. The van der Waals surface area contributed by atoms with Gasteiger partial charge in [-0.2, -0.15) is 0 Å². The third kappa shape index (κ3) is 6.03. The van der Waals surface area contributed by atoms with E-state index in [4.69, 9.17) is 15.6 Å². The summed E-state index contributed by atoms with van der Waals surface area (Å²) < 4.78 is 4.87. The third-order valence-electron chi connectivity index (χ3n) is 0.995. The SMILES string of the molecule is CC(C)(C)OC(=O)C(N)C#CC(=O)O. The molecule has 0 aromatic rings. The second-order valence-electron chi connectivity index (χ2n) is 3.59. The molecule has 0 rings (SSSR count). The average molecular weight is 199 g/mol. The Morgan fingerprint density at radius 3 is 2.29 bits per heavy atom. The van der Waals surface area contributed by atoms with Gasteiger partial charge in [-0.15, -0.1) is 0 Å². The van der Waals surface area contributed by atoms with Crippen molar-refractivity contribution in [2.45, 2.75) is 32.4 Å². The molecule has 0 aliphatic rings. The molecule has 0 saturated heterocycles. The molecule has 1 unspecified atom stereocenters. The van der Waals surface area contributed by atoms with Gasteiger partial charge >= 0.3 is 11.9 Å². The van der Waals surface area contributed by atoms with Crippen molar-refractivity contribution in [3.05, 3.63) is 0 Å². The average Bonchev–Trinajstić information content (AvgIpc) is 1.96. The van der Waals surface area contributed by atoms with Crippen LogP contribution in [-0.4, -0.2) is 28.7 Å². The van der Waals surface area contributed by atoms with E-state index in [1.165, 1.54) is 0 Å². The van der Waals surface area contributed by atoms with Crippen LogP contribution in [0.4, 0.5) is 0 Å². The minimum absolute atomic E-state index is 0.653. The summed E-state index contributed by atoms with van der Waals surface area (Å²) in [7, 11) is 0. The Labute approximate surface area is 82.2 Å². The number of hydrogen-bond acceptors (Lipinski definition) is 4. The van der Waals surface area contributed by atoms with Crippen molar-refractivity contribution >= 4 is 11.9 Å². The number of carboxylic acid groups (broad SMARTS) is 1. The van der Waals surface area contributed by atoms with E-state index < -0.39 is 23.6 Å². The van der Waals surface area contributed by atoms with E-state index in [0.29, 0.717) is 0 Å². The van der Waals surface area contributed by atoms with E-state index in [-0.39, 0.29) is 0 Å². The summed E-state index contributed by atoms with van der Waals surface area (Å²) in [5.74, 6) is 1.75. The van der Waals surface area contributed by atoms with Crippen LogP contribution in [0.2, 0.25) is 0 Å². The molecule has 5 nitrogen and oxygen atoms in total. The molecule has 14 heavy (non-hydrogen) atoms. The van der Waals surface area contributed by atoms with Gasteiger partial charge in [0, 0.05) is 5.92 Å². The molecule has 1 atom stereocenters. The standard InChI is InChI=1S/C9H13NO4/c1-9(2,3)14-8(13)6(10)4-5-7(11)12/h6H,10H2,1-3H3,(H,11,12). The van der Waals surface area contributed by atoms with Crippen molar-refractivity contribution < 1.29 is 19.4 Å². The van der Waals surface area contributed by atoms with Crippen LogP contribution in [-0.2, 0) is 14.3 Å². The molecule has 0 aliphatic heterocycles. The highest BCUT2D eigenvalue weighted by atomic mass is 16.6. The van der Waals surface area contributed by atoms with E-state index in [1.807, 2.05) is 0 Å². The number of rotatable bonds is 1. The van der Waals surface area contributed by atoms with Gasteiger partial charge in [0.15, 0.2) is 6.04 Å². The Balaban J connectivity index is 4.30. The summed E-state index contributed by atoms with van der Waals surface area (Å²) in [6.07, 6.45) is 0. The zero-order chi connectivity index (χ0) is 11.4. The zero-order valence-corrected chi connectivity index (χ0v) is 8.33. The van der Waals surface area contributed by atoms with E-state index in [1.54, 1.807) is 26.7 Å². The Hall–Kier alpha value is -1.54. The van der Waals surface area contributed by atoms with Gasteiger partial charge < -0.3 is 15.6 Å². The Morgan fingerprint density at radius 2 is 1.93 bits per heavy atom. The van der Waals surface area contributed by atoms with Crippen molar-refractivity contribution in [2.24, 2.45) is 5.73 Å². The van der Waals surface area contributed by atoms with E-state index in [9.17, 15) is 9.59 Å². The molecule has 0 spiro atoms. The topological polar surface area (TPSA) is 89.6 Å². The second kappa shape index (κ2) is 4.63. The quantitative estimate of drug-likeness (QED) is 0.448. The molecule has 3 N–H and O–H groups in total. The van der Waals surface area contributed by atoms with Crippen molar-refractivity contribution in [1.29, 1.82) is 0 Å². The van der Waals surface area contributed by atoms with Crippen molar-refractivity contribution in [3.63, 3.8) is 0 Å². The van der Waals surface area contributed by atoms with Gasteiger partial charge in [0.1, 0.15) is 5.60 Å². The van der Waals surface area contributed by atoms with Crippen LogP contribution in [0, 0.1) is 11.8 Å². The van der Waals surface area contributed by atoms with Crippen LogP contribution in [0.15, 0.2) is 0 Å². The number of carbonyl (C=O) groups excluding carboxylic acids is 1.